The summed E-state index contributed by atoms with van der Waals surface area (Å²) in [5.41, 5.74) is 0.425. The summed E-state index contributed by atoms with van der Waals surface area (Å²) in [5.74, 6) is -0.186. The van der Waals surface area contributed by atoms with Crippen LogP contribution in [-0.4, -0.2) is 28.0 Å². The van der Waals surface area contributed by atoms with Gasteiger partial charge in [0.2, 0.25) is 10.0 Å². The number of methoxy groups -OCH3 is 1. The van der Waals surface area contributed by atoms with E-state index in [4.69, 9.17) is 27.9 Å². The predicted octanol–water partition coefficient (Wildman–Crippen LogP) is 4.72. The summed E-state index contributed by atoms with van der Waals surface area (Å²) in [5, 5.41) is 3.23. The zero-order chi connectivity index (χ0) is 20.7. The number of sulfonamides is 1. The van der Waals surface area contributed by atoms with E-state index in [9.17, 15) is 13.2 Å². The van der Waals surface area contributed by atoms with E-state index in [0.29, 0.717) is 17.3 Å². The molecule has 0 unspecified atom stereocenters. The van der Waals surface area contributed by atoms with Gasteiger partial charge < -0.3 is 10.1 Å². The minimum absolute atomic E-state index is 0.0299. The maximum absolute atomic E-state index is 12.6. The molecule has 28 heavy (non-hydrogen) atoms. The quantitative estimate of drug-likeness (QED) is 0.547. The molecule has 0 radical (unpaired) electrons. The fourth-order valence-electron chi connectivity index (χ4n) is 2.48. The molecule has 2 N–H and O–H groups in total. The van der Waals surface area contributed by atoms with Gasteiger partial charge in [-0.1, -0.05) is 43.0 Å². The van der Waals surface area contributed by atoms with E-state index >= 15 is 0 Å². The van der Waals surface area contributed by atoms with E-state index in [1.807, 2.05) is 6.92 Å². The minimum Gasteiger partial charge on any atom is -0.495 e. The Morgan fingerprint density at radius 3 is 2.50 bits per heavy atom. The number of amides is 1. The molecule has 0 heterocycles. The fraction of sp³-hybridized carbons (Fsp3) is 0.316. The van der Waals surface area contributed by atoms with Crippen LogP contribution in [0.2, 0.25) is 10.0 Å². The molecule has 2 aromatic rings. The number of halogens is 2. The molecule has 0 spiro atoms. The smallest absolute Gasteiger partial charge is 0.257 e. The lowest BCUT2D eigenvalue weighted by atomic mass is 10.2. The summed E-state index contributed by atoms with van der Waals surface area (Å²) < 4.78 is 32.8. The van der Waals surface area contributed by atoms with Crippen molar-refractivity contribution in [3.05, 3.63) is 52.0 Å². The van der Waals surface area contributed by atoms with Gasteiger partial charge in [-0.05, 0) is 42.8 Å². The molecule has 2 rings (SSSR count). The first-order chi connectivity index (χ1) is 13.3. The summed E-state index contributed by atoms with van der Waals surface area (Å²) in [4.78, 5) is 12.6. The van der Waals surface area contributed by atoms with E-state index < -0.39 is 15.9 Å². The highest BCUT2D eigenvalue weighted by Crippen LogP contribution is 2.29. The molecule has 0 saturated heterocycles. The first-order valence-electron chi connectivity index (χ1n) is 8.72. The normalized spacial score (nSPS) is 11.3. The third-order valence-corrected chi connectivity index (χ3v) is 5.98. The lowest BCUT2D eigenvalue weighted by Crippen LogP contribution is -2.25. The van der Waals surface area contributed by atoms with Crippen LogP contribution < -0.4 is 14.8 Å². The lowest BCUT2D eigenvalue weighted by Gasteiger charge is -2.13. The average molecular weight is 445 g/mol. The SMILES string of the molecule is CCCCCNS(=O)(=O)c1ccc(OC)c(NC(=O)c2ccc(Cl)cc2Cl)c1. The third-order valence-electron chi connectivity index (χ3n) is 3.98. The Labute approximate surface area is 175 Å². The fourth-order valence-corrected chi connectivity index (χ4v) is 4.07. The molecule has 0 bridgehead atoms. The van der Waals surface area contributed by atoms with Gasteiger partial charge in [0.1, 0.15) is 5.75 Å². The Bertz CT molecular complexity index is 949. The Hall–Kier alpha value is -1.80. The van der Waals surface area contributed by atoms with Gasteiger partial charge in [0.15, 0.2) is 0 Å². The highest BCUT2D eigenvalue weighted by atomic mass is 35.5. The van der Waals surface area contributed by atoms with Crippen LogP contribution in [0.3, 0.4) is 0 Å². The van der Waals surface area contributed by atoms with Crippen molar-refractivity contribution in [2.75, 3.05) is 19.0 Å². The van der Waals surface area contributed by atoms with Crippen LogP contribution in [-0.2, 0) is 10.0 Å². The number of benzene rings is 2. The first-order valence-corrected chi connectivity index (χ1v) is 11.0. The second kappa shape index (κ2) is 10.1. The topological polar surface area (TPSA) is 84.5 Å². The number of ether oxygens (including phenoxy) is 1. The van der Waals surface area contributed by atoms with Crippen LogP contribution in [0, 0.1) is 0 Å². The lowest BCUT2D eigenvalue weighted by molar-refractivity contribution is 0.102. The Morgan fingerprint density at radius 2 is 1.86 bits per heavy atom. The molecule has 9 heteroatoms. The number of hydrogen-bond acceptors (Lipinski definition) is 4. The van der Waals surface area contributed by atoms with Crippen molar-refractivity contribution in [2.24, 2.45) is 0 Å². The van der Waals surface area contributed by atoms with Crippen LogP contribution in [0.5, 0.6) is 5.75 Å². The van der Waals surface area contributed by atoms with E-state index in [1.165, 1.54) is 37.4 Å². The van der Waals surface area contributed by atoms with Crippen molar-refractivity contribution in [2.45, 2.75) is 31.1 Å². The molecule has 2 aromatic carbocycles. The molecule has 6 nitrogen and oxygen atoms in total. The second-order valence-electron chi connectivity index (χ2n) is 6.05. The predicted molar refractivity (Wildman–Crippen MR) is 112 cm³/mol. The largest absolute Gasteiger partial charge is 0.495 e. The molecule has 0 fully saturated rings. The minimum atomic E-state index is -3.70. The molecule has 0 saturated carbocycles. The molecule has 0 aliphatic rings. The summed E-state index contributed by atoms with van der Waals surface area (Å²) in [6.45, 7) is 2.39. The Morgan fingerprint density at radius 1 is 1.11 bits per heavy atom. The molecular weight excluding hydrogens is 423 g/mol. The molecule has 152 valence electrons. The summed E-state index contributed by atoms with van der Waals surface area (Å²) >= 11 is 11.9. The standard InChI is InChI=1S/C19H22Cl2N2O4S/c1-3-4-5-10-22-28(25,26)14-7-9-18(27-2)17(12-14)23-19(24)15-8-6-13(20)11-16(15)21/h6-9,11-12,22H,3-5,10H2,1-2H3,(H,23,24). The summed E-state index contributed by atoms with van der Waals surface area (Å²) in [6, 6.07) is 8.74. The van der Waals surface area contributed by atoms with Gasteiger partial charge in [0, 0.05) is 11.6 Å². The van der Waals surface area contributed by atoms with Crippen LogP contribution >= 0.6 is 23.2 Å². The number of anilines is 1. The van der Waals surface area contributed by atoms with Crippen molar-refractivity contribution in [3.8, 4) is 5.75 Å². The van der Waals surface area contributed by atoms with Crippen molar-refractivity contribution in [1.82, 2.24) is 4.72 Å². The number of unbranched alkanes of at least 4 members (excludes halogenated alkanes) is 2. The van der Waals surface area contributed by atoms with Gasteiger partial charge in [-0.15, -0.1) is 0 Å². The van der Waals surface area contributed by atoms with Crippen LogP contribution in [0.15, 0.2) is 41.3 Å². The number of hydrogen-bond donors (Lipinski definition) is 2. The van der Waals surface area contributed by atoms with Gasteiger partial charge in [0.05, 0.1) is 28.3 Å². The van der Waals surface area contributed by atoms with Crippen molar-refractivity contribution in [1.29, 1.82) is 0 Å². The zero-order valence-electron chi connectivity index (χ0n) is 15.6. The maximum atomic E-state index is 12.6. The van der Waals surface area contributed by atoms with Crippen molar-refractivity contribution in [3.63, 3.8) is 0 Å². The van der Waals surface area contributed by atoms with Crippen LogP contribution in [0.1, 0.15) is 36.5 Å². The summed E-state index contributed by atoms with van der Waals surface area (Å²) in [6.07, 6.45) is 2.69. The number of carbonyl (C=O) groups excluding carboxylic acids is 1. The molecule has 0 aromatic heterocycles. The Balaban J connectivity index is 2.26. The van der Waals surface area contributed by atoms with Crippen LogP contribution in [0.25, 0.3) is 0 Å². The molecule has 0 aliphatic heterocycles. The zero-order valence-corrected chi connectivity index (χ0v) is 17.9. The molecule has 0 atom stereocenters. The van der Waals surface area contributed by atoms with Crippen molar-refractivity contribution >= 4 is 44.8 Å². The maximum Gasteiger partial charge on any atom is 0.257 e. The van der Waals surface area contributed by atoms with E-state index in [-0.39, 0.29) is 21.2 Å². The Kier molecular flexibility index (Phi) is 8.12. The number of rotatable bonds is 9. The van der Waals surface area contributed by atoms with Crippen molar-refractivity contribution < 1.29 is 17.9 Å². The second-order valence-corrected chi connectivity index (χ2v) is 8.66. The highest BCUT2D eigenvalue weighted by Gasteiger charge is 2.18. The molecular formula is C19H22Cl2N2O4S. The van der Waals surface area contributed by atoms with E-state index in [2.05, 4.69) is 10.0 Å². The first kappa shape index (κ1) is 22.5. The van der Waals surface area contributed by atoms with Gasteiger partial charge in [-0.25, -0.2) is 13.1 Å². The van der Waals surface area contributed by atoms with E-state index in [1.54, 1.807) is 6.07 Å². The molecule has 1 amide bonds. The highest BCUT2D eigenvalue weighted by molar-refractivity contribution is 7.89. The van der Waals surface area contributed by atoms with Crippen LogP contribution in [0.4, 0.5) is 5.69 Å². The van der Waals surface area contributed by atoms with Gasteiger partial charge in [0.25, 0.3) is 5.91 Å². The number of carbonyl (C=O) groups is 1. The van der Waals surface area contributed by atoms with E-state index in [0.717, 1.165) is 19.3 Å². The number of nitrogens with one attached hydrogen (secondary N) is 2. The van der Waals surface area contributed by atoms with Gasteiger partial charge in [-0.3, -0.25) is 4.79 Å². The third kappa shape index (κ3) is 5.85. The van der Waals surface area contributed by atoms with Gasteiger partial charge >= 0.3 is 0 Å². The molecule has 0 aliphatic carbocycles. The average Bonchev–Trinajstić information content (AvgIpc) is 2.65. The monoisotopic (exact) mass is 444 g/mol. The summed E-state index contributed by atoms with van der Waals surface area (Å²) in [7, 11) is -2.27. The van der Waals surface area contributed by atoms with Gasteiger partial charge in [-0.2, -0.15) is 0 Å².